The van der Waals surface area contributed by atoms with Crippen LogP contribution in [0.15, 0.2) is 71.0 Å². The number of rotatable bonds is 7. The molecule has 162 valence electrons. The van der Waals surface area contributed by atoms with Crippen molar-refractivity contribution in [3.63, 3.8) is 0 Å². The van der Waals surface area contributed by atoms with Crippen LogP contribution >= 0.6 is 0 Å². The van der Waals surface area contributed by atoms with E-state index in [2.05, 4.69) is 5.32 Å². The maximum absolute atomic E-state index is 13.3. The molecule has 3 aromatic rings. The molecule has 0 aliphatic carbocycles. The zero-order valence-corrected chi connectivity index (χ0v) is 17.3. The van der Waals surface area contributed by atoms with Gasteiger partial charge in [0, 0.05) is 12.1 Å². The largest absolute Gasteiger partial charge is 0.495 e. The Kier molecular flexibility index (Phi) is 5.46. The van der Waals surface area contributed by atoms with Crippen molar-refractivity contribution >= 4 is 28.8 Å². The Morgan fingerprint density at radius 3 is 2.47 bits per heavy atom. The quantitative estimate of drug-likeness (QED) is 0.341. The number of anilines is 1. The van der Waals surface area contributed by atoms with E-state index in [0.29, 0.717) is 22.8 Å². The van der Waals surface area contributed by atoms with Crippen molar-refractivity contribution in [1.29, 1.82) is 0 Å². The van der Waals surface area contributed by atoms with E-state index in [1.54, 1.807) is 24.3 Å². The second-order valence-corrected chi connectivity index (χ2v) is 7.16. The fourth-order valence-corrected chi connectivity index (χ4v) is 3.47. The molecular formula is C23H19N3O6. The molecule has 0 spiro atoms. The highest BCUT2D eigenvalue weighted by Gasteiger charge is 2.40. The molecule has 0 saturated carbocycles. The zero-order chi connectivity index (χ0) is 22.8. The van der Waals surface area contributed by atoms with Crippen LogP contribution in [0.2, 0.25) is 0 Å². The molecule has 0 fully saturated rings. The summed E-state index contributed by atoms with van der Waals surface area (Å²) in [5.74, 6) is -0.127. The number of methoxy groups -OCH3 is 1. The highest BCUT2D eigenvalue weighted by atomic mass is 16.6. The Balaban J connectivity index is 1.79. The number of nitro benzene ring substituents is 1. The molecular weight excluding hydrogens is 414 g/mol. The first-order chi connectivity index (χ1) is 15.4. The Hall–Kier alpha value is -4.40. The van der Waals surface area contributed by atoms with Gasteiger partial charge < -0.3 is 14.5 Å². The third-order valence-corrected chi connectivity index (χ3v) is 5.04. The molecule has 9 heteroatoms. The number of nitrogens with one attached hydrogen (secondary N) is 1. The predicted octanol–water partition coefficient (Wildman–Crippen LogP) is 3.90. The molecule has 1 aliphatic heterocycles. The second-order valence-electron chi connectivity index (χ2n) is 7.16. The summed E-state index contributed by atoms with van der Waals surface area (Å²) >= 11 is 0. The first kappa shape index (κ1) is 20.9. The fraction of sp³-hybridized carbons (Fsp3) is 0.130. The lowest BCUT2D eigenvalue weighted by Crippen LogP contribution is -2.31. The third-order valence-electron chi connectivity index (χ3n) is 5.04. The van der Waals surface area contributed by atoms with Gasteiger partial charge >= 0.3 is 0 Å². The van der Waals surface area contributed by atoms with Gasteiger partial charge in [-0.3, -0.25) is 24.6 Å². The summed E-state index contributed by atoms with van der Waals surface area (Å²) in [6.45, 7) is 1.85. The number of nitrogens with zero attached hydrogens (tertiary/aromatic N) is 2. The minimum atomic E-state index is -0.539. The Morgan fingerprint density at radius 2 is 1.84 bits per heavy atom. The van der Waals surface area contributed by atoms with E-state index in [4.69, 9.17) is 9.15 Å². The van der Waals surface area contributed by atoms with Crippen LogP contribution in [0.1, 0.15) is 16.9 Å². The molecule has 1 aromatic heterocycles. The number of imide groups is 1. The van der Waals surface area contributed by atoms with Gasteiger partial charge in [-0.1, -0.05) is 6.07 Å². The van der Waals surface area contributed by atoms with Crippen LogP contribution in [0.5, 0.6) is 5.75 Å². The molecule has 0 radical (unpaired) electrons. The van der Waals surface area contributed by atoms with Crippen LogP contribution in [-0.2, 0) is 16.1 Å². The minimum Gasteiger partial charge on any atom is -0.495 e. The number of hydrogen-bond acceptors (Lipinski definition) is 7. The van der Waals surface area contributed by atoms with Gasteiger partial charge in [0.15, 0.2) is 0 Å². The van der Waals surface area contributed by atoms with Crippen LogP contribution in [0.4, 0.5) is 11.4 Å². The Morgan fingerprint density at radius 1 is 1.09 bits per heavy atom. The van der Waals surface area contributed by atoms with Crippen molar-refractivity contribution in [1.82, 2.24) is 4.90 Å². The topological polar surface area (TPSA) is 115 Å². The monoisotopic (exact) mass is 433 g/mol. The molecule has 0 atom stereocenters. The summed E-state index contributed by atoms with van der Waals surface area (Å²) in [6, 6.07) is 14.2. The van der Waals surface area contributed by atoms with Gasteiger partial charge in [0.25, 0.3) is 17.5 Å². The SMILES string of the molecule is COc1ccc(C)cc1NC1=C(c2ccc([N+](=O)[O-])cc2)C(=O)N(Cc2ccco2)C1=O. The van der Waals surface area contributed by atoms with Gasteiger partial charge in [0.1, 0.15) is 17.2 Å². The van der Waals surface area contributed by atoms with Crippen molar-refractivity contribution in [2.45, 2.75) is 13.5 Å². The average molecular weight is 433 g/mol. The van der Waals surface area contributed by atoms with E-state index < -0.39 is 16.7 Å². The number of non-ortho nitro benzene ring substituents is 1. The molecule has 2 amide bonds. The second kappa shape index (κ2) is 8.38. The number of benzene rings is 2. The molecule has 32 heavy (non-hydrogen) atoms. The summed E-state index contributed by atoms with van der Waals surface area (Å²) in [5, 5.41) is 14.1. The molecule has 0 bridgehead atoms. The lowest BCUT2D eigenvalue weighted by Gasteiger charge is -2.15. The number of ether oxygens (including phenoxy) is 1. The fourth-order valence-electron chi connectivity index (χ4n) is 3.47. The number of amides is 2. The summed E-state index contributed by atoms with van der Waals surface area (Å²) in [4.78, 5) is 38.1. The number of aryl methyl sites for hydroxylation is 1. The smallest absolute Gasteiger partial charge is 0.278 e. The molecule has 0 saturated heterocycles. The Bertz CT molecular complexity index is 1230. The molecule has 2 heterocycles. The first-order valence-electron chi connectivity index (χ1n) is 9.68. The van der Waals surface area contributed by atoms with E-state index >= 15 is 0 Å². The number of nitro groups is 1. The number of furan rings is 1. The van der Waals surface area contributed by atoms with Crippen LogP contribution in [0.3, 0.4) is 0 Å². The highest BCUT2D eigenvalue weighted by Crippen LogP contribution is 2.35. The van der Waals surface area contributed by atoms with Crippen molar-refractivity contribution in [2.24, 2.45) is 0 Å². The molecule has 0 unspecified atom stereocenters. The van der Waals surface area contributed by atoms with E-state index in [0.717, 1.165) is 10.5 Å². The molecule has 1 N–H and O–H groups in total. The lowest BCUT2D eigenvalue weighted by atomic mass is 10.0. The van der Waals surface area contributed by atoms with Gasteiger partial charge in [0.05, 0.1) is 36.1 Å². The van der Waals surface area contributed by atoms with E-state index in [9.17, 15) is 19.7 Å². The minimum absolute atomic E-state index is 0.0444. The van der Waals surface area contributed by atoms with Gasteiger partial charge in [-0.05, 0) is 54.4 Å². The zero-order valence-electron chi connectivity index (χ0n) is 17.3. The van der Waals surface area contributed by atoms with Crippen LogP contribution in [-0.4, -0.2) is 28.7 Å². The van der Waals surface area contributed by atoms with Gasteiger partial charge in [-0.15, -0.1) is 0 Å². The summed E-state index contributed by atoms with van der Waals surface area (Å²) in [7, 11) is 1.51. The molecule has 2 aromatic carbocycles. The number of carbonyl (C=O) groups is 2. The molecule has 4 rings (SSSR count). The number of carbonyl (C=O) groups excluding carboxylic acids is 2. The van der Waals surface area contributed by atoms with Gasteiger partial charge in [0.2, 0.25) is 0 Å². The maximum atomic E-state index is 13.3. The normalized spacial score (nSPS) is 13.6. The average Bonchev–Trinajstić information content (AvgIpc) is 3.37. The van der Waals surface area contributed by atoms with Crippen LogP contribution < -0.4 is 10.1 Å². The maximum Gasteiger partial charge on any atom is 0.278 e. The summed E-state index contributed by atoms with van der Waals surface area (Å²) < 4.78 is 10.7. The van der Waals surface area contributed by atoms with Gasteiger partial charge in [-0.25, -0.2) is 0 Å². The van der Waals surface area contributed by atoms with E-state index in [-0.39, 0.29) is 23.5 Å². The number of hydrogen-bond donors (Lipinski definition) is 1. The summed E-state index contributed by atoms with van der Waals surface area (Å²) in [5.41, 5.74) is 1.87. The van der Waals surface area contributed by atoms with Crippen molar-refractivity contribution in [3.05, 3.63) is 93.6 Å². The van der Waals surface area contributed by atoms with E-state index in [1.807, 2.05) is 13.0 Å². The molecule has 9 nitrogen and oxygen atoms in total. The third kappa shape index (κ3) is 3.83. The molecule has 1 aliphatic rings. The van der Waals surface area contributed by atoms with Crippen molar-refractivity contribution in [3.8, 4) is 5.75 Å². The van der Waals surface area contributed by atoms with Crippen LogP contribution in [0.25, 0.3) is 5.57 Å². The van der Waals surface area contributed by atoms with E-state index in [1.165, 1.54) is 37.6 Å². The van der Waals surface area contributed by atoms with Gasteiger partial charge in [-0.2, -0.15) is 0 Å². The lowest BCUT2D eigenvalue weighted by molar-refractivity contribution is -0.384. The summed E-state index contributed by atoms with van der Waals surface area (Å²) in [6.07, 6.45) is 1.46. The standard InChI is InChI=1S/C23H19N3O6/c1-14-5-10-19(31-2)18(12-14)24-21-20(15-6-8-16(9-7-15)26(29)30)22(27)25(23(21)28)13-17-4-3-11-32-17/h3-12,24H,13H2,1-2H3. The van der Waals surface area contributed by atoms with Crippen LogP contribution in [0, 0.1) is 17.0 Å². The first-order valence-corrected chi connectivity index (χ1v) is 9.68. The highest BCUT2D eigenvalue weighted by molar-refractivity contribution is 6.36. The van der Waals surface area contributed by atoms with Crippen molar-refractivity contribution < 1.29 is 23.7 Å². The Labute approximate surface area is 183 Å². The van der Waals surface area contributed by atoms with Crippen molar-refractivity contribution in [2.75, 3.05) is 12.4 Å². The predicted molar refractivity (Wildman–Crippen MR) is 116 cm³/mol.